The van der Waals surface area contributed by atoms with Crippen molar-refractivity contribution in [2.45, 2.75) is 25.2 Å². The molecule has 158 valence electrons. The minimum absolute atomic E-state index is 0.0694. The van der Waals surface area contributed by atoms with E-state index in [9.17, 15) is 13.2 Å². The highest BCUT2D eigenvalue weighted by atomic mass is 32.2. The van der Waals surface area contributed by atoms with Crippen molar-refractivity contribution >= 4 is 15.9 Å². The van der Waals surface area contributed by atoms with Crippen molar-refractivity contribution in [1.82, 2.24) is 10.2 Å². The number of amides is 1. The number of benzene rings is 2. The molecule has 7 nitrogen and oxygen atoms in total. The SMILES string of the molecule is Cc1cc(C)cc(OCCN(C)CC(=O)NCCc2ccc(S(N)(=O)=O)cc2)c1. The monoisotopic (exact) mass is 419 g/mol. The molecule has 0 aromatic heterocycles. The largest absolute Gasteiger partial charge is 0.492 e. The van der Waals surface area contributed by atoms with E-state index in [1.54, 1.807) is 12.1 Å². The summed E-state index contributed by atoms with van der Waals surface area (Å²) >= 11 is 0. The first-order valence-corrected chi connectivity index (χ1v) is 11.0. The van der Waals surface area contributed by atoms with Crippen molar-refractivity contribution in [3.05, 3.63) is 59.2 Å². The van der Waals surface area contributed by atoms with Crippen LogP contribution in [0.5, 0.6) is 5.75 Å². The van der Waals surface area contributed by atoms with Gasteiger partial charge in [-0.05, 0) is 68.3 Å². The number of aryl methyl sites for hydroxylation is 2. The number of sulfonamides is 1. The van der Waals surface area contributed by atoms with Crippen LogP contribution in [0.4, 0.5) is 0 Å². The van der Waals surface area contributed by atoms with Crippen LogP contribution in [-0.2, 0) is 21.2 Å². The van der Waals surface area contributed by atoms with Gasteiger partial charge in [0.1, 0.15) is 12.4 Å². The van der Waals surface area contributed by atoms with Gasteiger partial charge in [-0.15, -0.1) is 0 Å². The molecule has 0 radical (unpaired) electrons. The third kappa shape index (κ3) is 8.23. The quantitative estimate of drug-likeness (QED) is 0.609. The lowest BCUT2D eigenvalue weighted by Crippen LogP contribution is -2.37. The second-order valence-electron chi connectivity index (χ2n) is 7.20. The van der Waals surface area contributed by atoms with Gasteiger partial charge in [0.2, 0.25) is 15.9 Å². The van der Waals surface area contributed by atoms with Crippen molar-refractivity contribution in [2.24, 2.45) is 5.14 Å². The lowest BCUT2D eigenvalue weighted by molar-refractivity contribution is -0.121. The van der Waals surface area contributed by atoms with Gasteiger partial charge in [-0.1, -0.05) is 18.2 Å². The molecule has 2 rings (SSSR count). The van der Waals surface area contributed by atoms with Gasteiger partial charge in [-0.25, -0.2) is 13.6 Å². The Morgan fingerprint density at radius 1 is 1.10 bits per heavy atom. The van der Waals surface area contributed by atoms with Crippen LogP contribution in [0.25, 0.3) is 0 Å². The maximum atomic E-state index is 12.1. The van der Waals surface area contributed by atoms with Gasteiger partial charge in [0.25, 0.3) is 0 Å². The number of nitrogens with one attached hydrogen (secondary N) is 1. The molecule has 8 heteroatoms. The van der Waals surface area contributed by atoms with Gasteiger partial charge in [0.15, 0.2) is 0 Å². The molecule has 0 unspecified atom stereocenters. The Bertz CT molecular complexity index is 907. The van der Waals surface area contributed by atoms with E-state index in [1.807, 2.05) is 37.9 Å². The van der Waals surface area contributed by atoms with Gasteiger partial charge < -0.3 is 10.1 Å². The number of ether oxygens (including phenoxy) is 1. The smallest absolute Gasteiger partial charge is 0.238 e. The Hall–Kier alpha value is -2.42. The molecule has 29 heavy (non-hydrogen) atoms. The van der Waals surface area contributed by atoms with Gasteiger partial charge in [0.05, 0.1) is 11.4 Å². The first-order valence-electron chi connectivity index (χ1n) is 9.41. The van der Waals surface area contributed by atoms with E-state index in [0.717, 1.165) is 22.4 Å². The molecule has 0 spiro atoms. The summed E-state index contributed by atoms with van der Waals surface area (Å²) in [4.78, 5) is 14.0. The summed E-state index contributed by atoms with van der Waals surface area (Å²) in [6.07, 6.45) is 0.607. The topological polar surface area (TPSA) is 102 Å². The fraction of sp³-hybridized carbons (Fsp3) is 0.381. The number of carbonyl (C=O) groups is 1. The average Bonchev–Trinajstić information content (AvgIpc) is 2.60. The second-order valence-corrected chi connectivity index (χ2v) is 8.76. The summed E-state index contributed by atoms with van der Waals surface area (Å²) in [5.41, 5.74) is 3.24. The van der Waals surface area contributed by atoms with Crippen LogP contribution < -0.4 is 15.2 Å². The molecule has 2 aromatic carbocycles. The van der Waals surface area contributed by atoms with Crippen molar-refractivity contribution in [2.75, 3.05) is 33.3 Å². The first kappa shape index (κ1) is 22.9. The Balaban J connectivity index is 1.66. The van der Waals surface area contributed by atoms with E-state index in [1.165, 1.54) is 12.1 Å². The van der Waals surface area contributed by atoms with Crippen molar-refractivity contribution in [3.8, 4) is 5.75 Å². The van der Waals surface area contributed by atoms with E-state index >= 15 is 0 Å². The average molecular weight is 420 g/mol. The summed E-state index contributed by atoms with van der Waals surface area (Å²) < 4.78 is 28.3. The van der Waals surface area contributed by atoms with E-state index in [0.29, 0.717) is 26.1 Å². The maximum Gasteiger partial charge on any atom is 0.238 e. The zero-order chi connectivity index (χ0) is 21.4. The highest BCUT2D eigenvalue weighted by Crippen LogP contribution is 2.16. The van der Waals surface area contributed by atoms with Gasteiger partial charge in [-0.3, -0.25) is 9.69 Å². The Kier molecular flexibility index (Phi) is 8.19. The van der Waals surface area contributed by atoms with Crippen LogP contribution in [-0.4, -0.2) is 52.5 Å². The van der Waals surface area contributed by atoms with Crippen molar-refractivity contribution in [3.63, 3.8) is 0 Å². The van der Waals surface area contributed by atoms with E-state index < -0.39 is 10.0 Å². The summed E-state index contributed by atoms with van der Waals surface area (Å²) in [5.74, 6) is 0.772. The van der Waals surface area contributed by atoms with Gasteiger partial charge in [0, 0.05) is 13.1 Å². The lowest BCUT2D eigenvalue weighted by Gasteiger charge is -2.17. The maximum absolute atomic E-state index is 12.1. The molecule has 0 aliphatic rings. The summed E-state index contributed by atoms with van der Waals surface area (Å²) in [7, 11) is -1.81. The Morgan fingerprint density at radius 3 is 2.31 bits per heavy atom. The van der Waals surface area contributed by atoms with Crippen LogP contribution >= 0.6 is 0 Å². The lowest BCUT2D eigenvalue weighted by atomic mass is 10.1. The number of hydrogen-bond acceptors (Lipinski definition) is 5. The first-order chi connectivity index (χ1) is 13.6. The standard InChI is InChI=1S/C21H29N3O4S/c1-16-12-17(2)14-19(13-16)28-11-10-24(3)15-21(25)23-9-8-18-4-6-20(7-5-18)29(22,26)27/h4-7,12-14H,8-11,15H2,1-3H3,(H,23,25)(H2,22,26,27). The number of likely N-dealkylation sites (N-methyl/N-ethyl adjacent to an activating group) is 1. The van der Waals surface area contributed by atoms with E-state index in [4.69, 9.17) is 9.88 Å². The number of hydrogen-bond donors (Lipinski definition) is 2. The third-order valence-corrected chi connectivity index (χ3v) is 5.27. The molecular formula is C21H29N3O4S. The summed E-state index contributed by atoms with van der Waals surface area (Å²) in [6.45, 7) is 5.95. The molecule has 0 saturated carbocycles. The van der Waals surface area contributed by atoms with Crippen LogP contribution in [0.15, 0.2) is 47.4 Å². The predicted molar refractivity (Wildman–Crippen MR) is 113 cm³/mol. The minimum Gasteiger partial charge on any atom is -0.492 e. The van der Waals surface area contributed by atoms with Crippen LogP contribution in [0.1, 0.15) is 16.7 Å². The highest BCUT2D eigenvalue weighted by molar-refractivity contribution is 7.89. The number of nitrogens with zero attached hydrogens (tertiary/aromatic N) is 1. The van der Waals surface area contributed by atoms with Crippen LogP contribution in [0, 0.1) is 13.8 Å². The van der Waals surface area contributed by atoms with Crippen molar-refractivity contribution < 1.29 is 17.9 Å². The zero-order valence-electron chi connectivity index (χ0n) is 17.1. The fourth-order valence-electron chi connectivity index (χ4n) is 2.91. The normalized spacial score (nSPS) is 11.5. The molecule has 0 atom stereocenters. The molecule has 2 aromatic rings. The summed E-state index contributed by atoms with van der Waals surface area (Å²) in [6, 6.07) is 12.4. The minimum atomic E-state index is -3.68. The molecule has 0 aliphatic carbocycles. The van der Waals surface area contributed by atoms with Gasteiger partial charge >= 0.3 is 0 Å². The molecule has 0 saturated heterocycles. The number of primary sulfonamides is 1. The molecule has 3 N–H and O–H groups in total. The van der Waals surface area contributed by atoms with E-state index in [2.05, 4.69) is 11.4 Å². The molecule has 0 fully saturated rings. The van der Waals surface area contributed by atoms with Crippen LogP contribution in [0.3, 0.4) is 0 Å². The Labute approximate surface area is 172 Å². The van der Waals surface area contributed by atoms with Crippen molar-refractivity contribution in [1.29, 1.82) is 0 Å². The van der Waals surface area contributed by atoms with Crippen LogP contribution in [0.2, 0.25) is 0 Å². The molecular weight excluding hydrogens is 390 g/mol. The summed E-state index contributed by atoms with van der Waals surface area (Å²) in [5, 5.41) is 7.94. The molecule has 0 heterocycles. The van der Waals surface area contributed by atoms with Gasteiger partial charge in [-0.2, -0.15) is 0 Å². The Morgan fingerprint density at radius 2 is 1.72 bits per heavy atom. The zero-order valence-corrected chi connectivity index (χ0v) is 18.0. The van der Waals surface area contributed by atoms with E-state index in [-0.39, 0.29) is 17.3 Å². The number of nitrogens with two attached hydrogens (primary N) is 1. The predicted octanol–water partition coefficient (Wildman–Crippen LogP) is 1.62. The number of rotatable bonds is 10. The molecule has 0 aliphatic heterocycles. The molecule has 1 amide bonds. The second kappa shape index (κ2) is 10.4. The third-order valence-electron chi connectivity index (χ3n) is 4.34. The molecule has 0 bridgehead atoms. The number of carbonyl (C=O) groups excluding carboxylic acids is 1. The highest BCUT2D eigenvalue weighted by Gasteiger charge is 2.08. The fourth-order valence-corrected chi connectivity index (χ4v) is 3.42.